The van der Waals surface area contributed by atoms with Crippen LogP contribution in [0.2, 0.25) is 0 Å². The number of alkyl halides is 3. The van der Waals surface area contributed by atoms with Crippen molar-refractivity contribution in [2.24, 2.45) is 0 Å². The van der Waals surface area contributed by atoms with E-state index in [1.807, 2.05) is 0 Å². The van der Waals surface area contributed by atoms with Gasteiger partial charge in [-0.2, -0.15) is 13.2 Å². The Bertz CT molecular complexity index is 38.5. The normalized spacial score (nSPS) is 12.0. The third-order valence-electron chi connectivity index (χ3n) is 0.164. The summed E-state index contributed by atoms with van der Waals surface area (Å²) in [6, 6.07) is 0. The lowest BCUT2D eigenvalue weighted by atomic mass is 10.8. The molecule has 0 aliphatic rings. The third kappa shape index (κ3) is 4.14. The molecule has 0 aromatic carbocycles. The van der Waals surface area contributed by atoms with Crippen LogP contribution in [0.3, 0.4) is 0 Å². The maximum absolute atomic E-state index is 10.7. The van der Waals surface area contributed by atoms with Gasteiger partial charge in [-0.3, -0.25) is 0 Å². The molecule has 1 radical (unpaired) electrons. The highest BCUT2D eigenvalue weighted by molar-refractivity contribution is 7.80. The summed E-state index contributed by atoms with van der Waals surface area (Å²) in [5.74, 6) is -1.15. The zero-order valence-corrected chi connectivity index (χ0v) is 3.57. The Balaban J connectivity index is 3.17. The van der Waals surface area contributed by atoms with E-state index in [9.17, 15) is 13.2 Å². The maximum Gasteiger partial charge on any atom is 0.398 e. The molecule has 0 aromatic rings. The topological polar surface area (TPSA) is 0 Å². The first kappa shape index (κ1) is 6.14. The molecule has 0 bridgehead atoms. The van der Waals surface area contributed by atoms with Crippen LogP contribution in [0, 0.1) is 0 Å². The second-order valence-electron chi connectivity index (χ2n) is 0.760. The predicted octanol–water partition coefficient (Wildman–Crippen LogP) is 1.75. The summed E-state index contributed by atoms with van der Waals surface area (Å²) in [5, 5.41) is 0. The van der Waals surface area contributed by atoms with Crippen LogP contribution < -0.4 is 0 Å². The van der Waals surface area contributed by atoms with Crippen LogP contribution in [0.1, 0.15) is 0 Å². The molecule has 0 atom stereocenters. The molecule has 0 amide bonds. The van der Waals surface area contributed by atoms with Gasteiger partial charge in [0, 0.05) is 0 Å². The summed E-state index contributed by atoms with van der Waals surface area (Å²) in [7, 11) is 0. The number of hydrogen-bond acceptors (Lipinski definition) is 0. The van der Waals surface area contributed by atoms with E-state index in [0.29, 0.717) is 0 Å². The number of rotatable bonds is 0. The van der Waals surface area contributed by atoms with E-state index in [4.69, 9.17) is 0 Å². The van der Waals surface area contributed by atoms with Crippen molar-refractivity contribution in [1.29, 1.82) is 0 Å². The third-order valence-corrected chi connectivity index (χ3v) is 0.491. The minimum atomic E-state index is -4.14. The fourth-order valence-electron chi connectivity index (χ4n) is 0. The Morgan fingerprint density at radius 1 is 1.33 bits per heavy atom. The Labute approximate surface area is 38.8 Å². The van der Waals surface area contributed by atoms with Crippen LogP contribution in [0.5, 0.6) is 0 Å². The highest BCUT2D eigenvalue weighted by Gasteiger charge is 2.24. The van der Waals surface area contributed by atoms with Gasteiger partial charge in [0.2, 0.25) is 0 Å². The number of hydrogen-bond donors (Lipinski definition) is 0. The summed E-state index contributed by atoms with van der Waals surface area (Å²) in [5.41, 5.74) is 0. The Morgan fingerprint density at radius 3 is 1.50 bits per heavy atom. The molecule has 0 aliphatic carbocycles. The van der Waals surface area contributed by atoms with Crippen molar-refractivity contribution in [3.05, 3.63) is 0 Å². The summed E-state index contributed by atoms with van der Waals surface area (Å²) < 4.78 is 32.0. The molecule has 0 aliphatic heterocycles. The molecule has 0 saturated carbocycles. The van der Waals surface area contributed by atoms with Gasteiger partial charge in [-0.15, -0.1) is 0 Å². The Kier molecular flexibility index (Phi) is 1.77. The van der Waals surface area contributed by atoms with E-state index < -0.39 is 11.9 Å². The van der Waals surface area contributed by atoms with E-state index in [-0.39, 0.29) is 0 Å². The first-order chi connectivity index (χ1) is 2.56. The van der Waals surface area contributed by atoms with Crippen molar-refractivity contribution >= 4 is 12.6 Å². The van der Waals surface area contributed by atoms with Crippen LogP contribution in [0.25, 0.3) is 0 Å². The summed E-state index contributed by atoms with van der Waals surface area (Å²) in [6.45, 7) is 0. The van der Waals surface area contributed by atoms with Crippen molar-refractivity contribution in [3.63, 3.8) is 0 Å². The Morgan fingerprint density at radius 2 is 1.50 bits per heavy atom. The molecule has 0 heterocycles. The molecule has 6 heavy (non-hydrogen) atoms. The second kappa shape index (κ2) is 1.73. The first-order valence-corrected chi connectivity index (χ1v) is 1.79. The van der Waals surface area contributed by atoms with E-state index in [0.717, 1.165) is 0 Å². The summed E-state index contributed by atoms with van der Waals surface area (Å²) in [4.78, 5) is 0. The van der Waals surface area contributed by atoms with Crippen molar-refractivity contribution < 1.29 is 13.2 Å². The molecule has 0 nitrogen and oxygen atoms in total. The summed E-state index contributed by atoms with van der Waals surface area (Å²) in [6.07, 6.45) is -4.14. The monoisotopic (exact) mass is 115 g/mol. The maximum atomic E-state index is 10.7. The van der Waals surface area contributed by atoms with Gasteiger partial charge in [0.1, 0.15) is 0 Å². The zero-order valence-electron chi connectivity index (χ0n) is 2.75. The molecular weight excluding hydrogens is 113 g/mol. The van der Waals surface area contributed by atoms with Crippen LogP contribution in [0.15, 0.2) is 0 Å². The molecule has 4 heteroatoms. The molecule has 37 valence electrons. The lowest BCUT2D eigenvalue weighted by Crippen LogP contribution is -2.07. The first-order valence-electron chi connectivity index (χ1n) is 1.21. The van der Waals surface area contributed by atoms with E-state index >= 15 is 0 Å². The second-order valence-corrected chi connectivity index (χ2v) is 1.05. The largest absolute Gasteiger partial charge is 0.398 e. The standard InChI is InChI=1S/C2H2F3S/c3-2(4,5)1-6/h1H2. The lowest BCUT2D eigenvalue weighted by Gasteiger charge is -1.95. The van der Waals surface area contributed by atoms with Gasteiger partial charge in [0.25, 0.3) is 0 Å². The lowest BCUT2D eigenvalue weighted by molar-refractivity contribution is -0.104. The van der Waals surface area contributed by atoms with Gasteiger partial charge in [-0.25, -0.2) is 0 Å². The van der Waals surface area contributed by atoms with Crippen LogP contribution in [-0.4, -0.2) is 11.9 Å². The molecule has 0 saturated heterocycles. The van der Waals surface area contributed by atoms with Gasteiger partial charge in [0.05, 0.1) is 5.75 Å². The van der Waals surface area contributed by atoms with Crippen molar-refractivity contribution in [1.82, 2.24) is 0 Å². The Hall–Kier alpha value is 0.140. The zero-order chi connectivity index (χ0) is 5.21. The minimum Gasteiger partial charge on any atom is -0.170 e. The molecule has 0 aromatic heterocycles. The van der Waals surface area contributed by atoms with Gasteiger partial charge < -0.3 is 0 Å². The fraction of sp³-hybridized carbons (Fsp3) is 1.00. The minimum absolute atomic E-state index is 1.15. The van der Waals surface area contributed by atoms with E-state index in [1.165, 1.54) is 0 Å². The van der Waals surface area contributed by atoms with Gasteiger partial charge in [0.15, 0.2) is 0 Å². The molecule has 0 fully saturated rings. The van der Waals surface area contributed by atoms with Crippen molar-refractivity contribution in [2.45, 2.75) is 6.18 Å². The number of halogens is 3. The van der Waals surface area contributed by atoms with Crippen molar-refractivity contribution in [2.75, 3.05) is 5.75 Å². The molecule has 0 N–H and O–H groups in total. The average molecular weight is 115 g/mol. The van der Waals surface area contributed by atoms with Gasteiger partial charge >= 0.3 is 6.18 Å². The van der Waals surface area contributed by atoms with Crippen LogP contribution >= 0.6 is 12.6 Å². The summed E-state index contributed by atoms with van der Waals surface area (Å²) >= 11 is 3.66. The molecule has 0 rings (SSSR count). The smallest absolute Gasteiger partial charge is 0.170 e. The fourth-order valence-corrected chi connectivity index (χ4v) is 0. The molecule has 0 spiro atoms. The highest BCUT2D eigenvalue weighted by atomic mass is 32.1. The quantitative estimate of drug-likeness (QED) is 0.451. The van der Waals surface area contributed by atoms with Gasteiger partial charge in [-0.05, 0) is 0 Å². The van der Waals surface area contributed by atoms with E-state index in [2.05, 4.69) is 12.6 Å². The highest BCUT2D eigenvalue weighted by Crippen LogP contribution is 2.14. The van der Waals surface area contributed by atoms with Crippen LogP contribution in [-0.2, 0) is 0 Å². The SMILES string of the molecule is FC(F)(F)C[S]. The van der Waals surface area contributed by atoms with E-state index in [1.54, 1.807) is 0 Å². The van der Waals surface area contributed by atoms with Crippen LogP contribution in [0.4, 0.5) is 13.2 Å². The van der Waals surface area contributed by atoms with Crippen molar-refractivity contribution in [3.8, 4) is 0 Å². The predicted molar refractivity (Wildman–Crippen MR) is 18.5 cm³/mol. The molecule has 0 unspecified atom stereocenters. The molecular formula is C2H2F3S. The average Bonchev–Trinajstić information content (AvgIpc) is 1.35. The van der Waals surface area contributed by atoms with Gasteiger partial charge in [-0.1, -0.05) is 12.6 Å².